The molecule has 0 aromatic heterocycles. The molecule has 0 aromatic carbocycles. The Morgan fingerprint density at radius 1 is 0.727 bits per heavy atom. The molecule has 2 fully saturated rings. The van der Waals surface area contributed by atoms with Crippen molar-refractivity contribution in [3.8, 4) is 0 Å². The van der Waals surface area contributed by atoms with E-state index < -0.39 is 15.8 Å². The van der Waals surface area contributed by atoms with Gasteiger partial charge in [0.15, 0.2) is 0 Å². The minimum Gasteiger partial charge on any atom is -0.277 e. The van der Waals surface area contributed by atoms with Gasteiger partial charge in [0.05, 0.1) is 10.6 Å². The lowest BCUT2D eigenvalue weighted by Gasteiger charge is -2.26. The zero-order valence-corrected chi connectivity index (χ0v) is 16.1. The average Bonchev–Trinajstić information content (AvgIpc) is 3.04. The van der Waals surface area contributed by atoms with E-state index in [-0.39, 0.29) is 11.8 Å². The van der Waals surface area contributed by atoms with Crippen LogP contribution in [0.5, 0.6) is 0 Å². The molecular weight excluding hydrogens is 312 g/mol. The number of carbonyl (C=O) groups is 2. The van der Waals surface area contributed by atoms with Crippen LogP contribution in [0.1, 0.15) is 53.4 Å². The molecule has 0 aliphatic carbocycles. The number of nitrogens with zero attached hydrogens (tertiary/aromatic N) is 1. The molecule has 3 nitrogen and oxygen atoms in total. The molecule has 0 spiro atoms. The van der Waals surface area contributed by atoms with Gasteiger partial charge >= 0.3 is 0 Å². The summed E-state index contributed by atoms with van der Waals surface area (Å²) in [5, 5.41) is 1.96. The van der Waals surface area contributed by atoms with Crippen LogP contribution in [0.15, 0.2) is 10.6 Å². The normalized spacial score (nSPS) is 38.0. The van der Waals surface area contributed by atoms with Gasteiger partial charge in [-0.1, -0.05) is 43.5 Å². The highest BCUT2D eigenvalue weighted by Crippen LogP contribution is 2.70. The molecule has 3 aliphatic rings. The van der Waals surface area contributed by atoms with Crippen molar-refractivity contribution in [2.75, 3.05) is 7.05 Å². The van der Waals surface area contributed by atoms with E-state index in [1.54, 1.807) is 7.05 Å². The van der Waals surface area contributed by atoms with E-state index in [0.717, 1.165) is 10.6 Å². The quantitative estimate of drug-likeness (QED) is 0.555. The lowest BCUT2D eigenvalue weighted by molar-refractivity contribution is -0.135. The maximum absolute atomic E-state index is 12.8. The largest absolute Gasteiger partial charge is 0.277 e. The van der Waals surface area contributed by atoms with Crippen LogP contribution in [0.3, 0.4) is 0 Å². The van der Waals surface area contributed by atoms with Gasteiger partial charge in [-0.25, -0.2) is 0 Å². The van der Waals surface area contributed by atoms with Crippen molar-refractivity contribution in [2.24, 2.45) is 0 Å². The molecule has 0 bridgehead atoms. The summed E-state index contributed by atoms with van der Waals surface area (Å²) >= 11 is 0. The van der Waals surface area contributed by atoms with Crippen LogP contribution in [-0.2, 0) is 9.59 Å². The van der Waals surface area contributed by atoms with Crippen LogP contribution in [0, 0.1) is 0 Å². The molecule has 0 saturated carbocycles. The number of hydrogen-bond donors (Lipinski definition) is 0. The fourth-order valence-electron chi connectivity index (χ4n) is 4.35. The fraction of sp³-hybridized carbons (Fsp3) is 0.765. The molecule has 2 saturated heterocycles. The van der Waals surface area contributed by atoms with Crippen molar-refractivity contribution in [1.82, 2.24) is 4.90 Å². The molecule has 0 N–H and O–H groups in total. The molecule has 3 aliphatic heterocycles. The number of rotatable bonds is 2. The summed E-state index contributed by atoms with van der Waals surface area (Å²) in [5.74, 6) is 0.0565. The van der Waals surface area contributed by atoms with Gasteiger partial charge in [0.1, 0.15) is 0 Å². The summed E-state index contributed by atoms with van der Waals surface area (Å²) < 4.78 is 0. The van der Waals surface area contributed by atoms with Gasteiger partial charge in [0.25, 0.3) is 11.8 Å². The molecular formula is C17H27NO2P2. The van der Waals surface area contributed by atoms with Crippen molar-refractivity contribution in [3.63, 3.8) is 0 Å². The van der Waals surface area contributed by atoms with Crippen LogP contribution in [-0.4, -0.2) is 46.4 Å². The first kappa shape index (κ1) is 16.6. The summed E-state index contributed by atoms with van der Waals surface area (Å²) in [6, 6.07) is 0. The summed E-state index contributed by atoms with van der Waals surface area (Å²) in [6.07, 6.45) is 4.82. The van der Waals surface area contributed by atoms with Gasteiger partial charge < -0.3 is 0 Å². The highest BCUT2D eigenvalue weighted by Gasteiger charge is 2.49. The monoisotopic (exact) mass is 339 g/mol. The van der Waals surface area contributed by atoms with Crippen LogP contribution >= 0.6 is 15.8 Å². The number of carbonyl (C=O) groups excluding carboxylic acids is 2. The van der Waals surface area contributed by atoms with Crippen molar-refractivity contribution < 1.29 is 9.59 Å². The Hall–Kier alpha value is -0.260. The molecule has 0 radical (unpaired) electrons. The zero-order valence-electron chi connectivity index (χ0n) is 14.3. The molecule has 3 heterocycles. The van der Waals surface area contributed by atoms with Gasteiger partial charge in [0.2, 0.25) is 0 Å². The van der Waals surface area contributed by atoms with Crippen molar-refractivity contribution in [1.29, 1.82) is 0 Å². The number of likely N-dealkylation sites (N-methyl/N-ethyl adjacent to an activating group) is 1. The average molecular weight is 339 g/mol. The number of imide groups is 1. The molecule has 3 rings (SSSR count). The lowest BCUT2D eigenvalue weighted by Crippen LogP contribution is -2.27. The smallest absolute Gasteiger partial charge is 0.261 e. The highest BCUT2D eigenvalue weighted by atomic mass is 31.1. The van der Waals surface area contributed by atoms with Gasteiger partial charge in [-0.05, 0) is 48.3 Å². The number of amides is 2. The molecule has 2 amide bonds. The standard InChI is InChI=1S/C17H27NO2P2/c1-10-6-7-11(2)21(10)14-15(17(20)18(5)16(14)19)22-12(3)8-9-13(22)4/h10-13H,6-9H2,1-5H3/t10-,11-,12-,13-/m0/s1. The third-order valence-corrected chi connectivity index (χ3v) is 12.5. The Morgan fingerprint density at radius 2 is 1.00 bits per heavy atom. The van der Waals surface area contributed by atoms with E-state index in [9.17, 15) is 9.59 Å². The minimum atomic E-state index is -0.471. The third-order valence-electron chi connectivity index (χ3n) is 5.66. The van der Waals surface area contributed by atoms with E-state index in [1.165, 1.54) is 30.6 Å². The predicted octanol–water partition coefficient (Wildman–Crippen LogP) is 4.30. The van der Waals surface area contributed by atoms with Gasteiger partial charge in [-0.15, -0.1) is 0 Å². The van der Waals surface area contributed by atoms with E-state index >= 15 is 0 Å². The number of hydrogen-bond acceptors (Lipinski definition) is 2. The summed E-state index contributed by atoms with van der Waals surface area (Å²) in [7, 11) is 0.738. The van der Waals surface area contributed by atoms with Gasteiger partial charge in [0, 0.05) is 7.05 Å². The SMILES string of the molecule is C[C@H]1CC[C@H](C)P1C1=C(P2[C@@H](C)CC[C@@H]2C)C(=O)N(C)C1=O. The van der Waals surface area contributed by atoms with Crippen LogP contribution in [0.4, 0.5) is 0 Å². The molecule has 22 heavy (non-hydrogen) atoms. The maximum atomic E-state index is 12.8. The Bertz CT molecular complexity index is 479. The van der Waals surface area contributed by atoms with E-state index in [4.69, 9.17) is 0 Å². The van der Waals surface area contributed by atoms with Gasteiger partial charge in [-0.2, -0.15) is 0 Å². The first-order valence-corrected chi connectivity index (χ1v) is 11.4. The van der Waals surface area contributed by atoms with Crippen LogP contribution < -0.4 is 0 Å². The van der Waals surface area contributed by atoms with Crippen LogP contribution in [0.25, 0.3) is 0 Å². The third kappa shape index (κ3) is 2.40. The van der Waals surface area contributed by atoms with Crippen LogP contribution in [0.2, 0.25) is 0 Å². The van der Waals surface area contributed by atoms with E-state index in [0.29, 0.717) is 22.6 Å². The Balaban J connectivity index is 2.11. The first-order chi connectivity index (χ1) is 10.3. The van der Waals surface area contributed by atoms with Crippen molar-refractivity contribution >= 4 is 27.7 Å². The molecule has 0 aromatic rings. The second-order valence-electron chi connectivity index (χ2n) is 7.23. The lowest BCUT2D eigenvalue weighted by atomic mass is 10.2. The zero-order chi connectivity index (χ0) is 16.2. The first-order valence-electron chi connectivity index (χ1n) is 8.48. The summed E-state index contributed by atoms with van der Waals surface area (Å²) in [5.41, 5.74) is 2.34. The van der Waals surface area contributed by atoms with Crippen molar-refractivity contribution in [3.05, 3.63) is 10.6 Å². The Kier molecular flexibility index (Phi) is 4.52. The minimum absolute atomic E-state index is 0.0283. The fourth-order valence-corrected chi connectivity index (χ4v) is 11.7. The molecule has 4 atom stereocenters. The summed E-state index contributed by atoms with van der Waals surface area (Å²) in [4.78, 5) is 27.1. The molecule has 5 heteroatoms. The summed E-state index contributed by atoms with van der Waals surface area (Å²) in [6.45, 7) is 9.13. The second-order valence-corrected chi connectivity index (χ2v) is 13.3. The highest BCUT2D eigenvalue weighted by molar-refractivity contribution is 7.70. The Labute approximate surface area is 136 Å². The maximum Gasteiger partial charge on any atom is 0.261 e. The predicted molar refractivity (Wildman–Crippen MR) is 95.0 cm³/mol. The topological polar surface area (TPSA) is 37.4 Å². The molecule has 0 unspecified atom stereocenters. The second kappa shape index (κ2) is 5.99. The van der Waals surface area contributed by atoms with Gasteiger partial charge in [-0.3, -0.25) is 14.5 Å². The van der Waals surface area contributed by atoms with E-state index in [1.807, 2.05) is 0 Å². The van der Waals surface area contributed by atoms with Crippen molar-refractivity contribution in [2.45, 2.75) is 76.0 Å². The van der Waals surface area contributed by atoms with E-state index in [2.05, 4.69) is 27.7 Å². The molecule has 122 valence electrons. The Morgan fingerprint density at radius 3 is 1.27 bits per heavy atom.